The molecule has 0 radical (unpaired) electrons. The van der Waals surface area contributed by atoms with Gasteiger partial charge in [-0.15, -0.1) is 0 Å². The molecule has 2 aliphatic rings. The van der Waals surface area contributed by atoms with E-state index in [0.29, 0.717) is 30.8 Å². The molecule has 6 nitrogen and oxygen atoms in total. The van der Waals surface area contributed by atoms with Crippen molar-refractivity contribution in [1.29, 1.82) is 0 Å². The van der Waals surface area contributed by atoms with Gasteiger partial charge in [-0.1, -0.05) is 18.6 Å². The maximum atomic E-state index is 13.6. The van der Waals surface area contributed by atoms with Crippen LogP contribution in [0.2, 0.25) is 0 Å². The number of benzene rings is 2. The second-order valence-corrected chi connectivity index (χ2v) is 11.5. The van der Waals surface area contributed by atoms with Crippen molar-refractivity contribution in [3.05, 3.63) is 70.3 Å². The minimum absolute atomic E-state index is 0.00624. The first-order chi connectivity index (χ1) is 21.0. The fraction of sp³-hybridized carbons (Fsp3) is 0.567. The molecule has 0 bridgehead atoms. The van der Waals surface area contributed by atoms with Crippen molar-refractivity contribution in [2.45, 2.75) is 62.3 Å². The van der Waals surface area contributed by atoms with Gasteiger partial charge in [0.1, 0.15) is 0 Å². The molecule has 250 valence electrons. The van der Waals surface area contributed by atoms with E-state index in [-0.39, 0.29) is 57.4 Å². The summed E-state index contributed by atoms with van der Waals surface area (Å²) in [6.07, 6.45) is -12.6. The van der Waals surface area contributed by atoms with Gasteiger partial charge in [-0.3, -0.25) is 14.6 Å². The maximum Gasteiger partial charge on any atom is 0.416 e. The summed E-state index contributed by atoms with van der Waals surface area (Å²) in [5.74, 6) is -1.06. The van der Waals surface area contributed by atoms with Gasteiger partial charge in [0.25, 0.3) is 5.91 Å². The Hall–Kier alpha value is -2.88. The van der Waals surface area contributed by atoms with Gasteiger partial charge in [0.05, 0.1) is 29.9 Å². The summed E-state index contributed by atoms with van der Waals surface area (Å²) in [6, 6.07) is 3.75. The van der Waals surface area contributed by atoms with Crippen LogP contribution >= 0.6 is 0 Å². The zero-order valence-corrected chi connectivity index (χ0v) is 24.1. The number of likely N-dealkylation sites (tertiary alicyclic amines) is 1. The minimum Gasteiger partial charge on any atom is -0.395 e. The van der Waals surface area contributed by atoms with Gasteiger partial charge in [-0.25, -0.2) is 0 Å². The molecule has 4 rings (SSSR count). The molecule has 2 fully saturated rings. The van der Waals surface area contributed by atoms with Gasteiger partial charge in [-0.05, 0) is 55.2 Å². The summed E-state index contributed by atoms with van der Waals surface area (Å²) < 4.78 is 120. The first-order valence-corrected chi connectivity index (χ1v) is 14.5. The molecular formula is C30H34F9N3O3. The smallest absolute Gasteiger partial charge is 0.395 e. The number of hydrogen-bond acceptors (Lipinski definition) is 5. The normalized spacial score (nSPS) is 22.6. The van der Waals surface area contributed by atoms with Gasteiger partial charge < -0.3 is 15.1 Å². The van der Waals surface area contributed by atoms with Crippen molar-refractivity contribution >= 4 is 5.91 Å². The van der Waals surface area contributed by atoms with Gasteiger partial charge in [0, 0.05) is 56.4 Å². The standard InChI is InChI=1S/C30H34F9N3O3/c31-28(32,33)21-6-4-19(5-7-21)12-26-16-40(8-10-41-24(17-43)2-1-3-25(41)18-44)9-11-42(26)27(45)20-13-22(29(34,35)36)15-23(14-20)30(37,38)39/h4-7,13-15,24-26,43-44H,1-3,8-12,16-18H2/t24?,25?,26-/m1/s1. The fourth-order valence-electron chi connectivity index (χ4n) is 6.14. The predicted molar refractivity (Wildman–Crippen MR) is 145 cm³/mol. The van der Waals surface area contributed by atoms with Crippen LogP contribution < -0.4 is 0 Å². The molecule has 0 spiro atoms. The van der Waals surface area contributed by atoms with E-state index in [4.69, 9.17) is 0 Å². The van der Waals surface area contributed by atoms with Crippen LogP contribution in [0.1, 0.15) is 51.9 Å². The second kappa shape index (κ2) is 13.9. The van der Waals surface area contributed by atoms with E-state index in [1.54, 1.807) is 0 Å². The SMILES string of the molecule is O=C(c1cc(C(F)(F)F)cc(C(F)(F)F)c1)N1CCN(CCN2C(CO)CCCC2CO)C[C@H]1Cc1ccc(C(F)(F)F)cc1. The molecule has 1 amide bonds. The molecule has 2 aliphatic heterocycles. The molecule has 0 aromatic heterocycles. The average Bonchev–Trinajstić information content (AvgIpc) is 2.98. The van der Waals surface area contributed by atoms with E-state index in [9.17, 15) is 54.5 Å². The topological polar surface area (TPSA) is 67.3 Å². The monoisotopic (exact) mass is 655 g/mol. The molecule has 2 heterocycles. The number of halogens is 9. The van der Waals surface area contributed by atoms with Crippen molar-refractivity contribution in [1.82, 2.24) is 14.7 Å². The number of carbonyl (C=O) groups is 1. The van der Waals surface area contributed by atoms with Crippen LogP contribution in [0, 0.1) is 0 Å². The Balaban J connectivity index is 1.60. The number of nitrogens with zero attached hydrogens (tertiary/aromatic N) is 3. The van der Waals surface area contributed by atoms with Gasteiger partial charge in [-0.2, -0.15) is 39.5 Å². The lowest BCUT2D eigenvalue weighted by atomic mass is 9.96. The summed E-state index contributed by atoms with van der Waals surface area (Å²) in [6.45, 7) is 0.953. The fourth-order valence-corrected chi connectivity index (χ4v) is 6.14. The van der Waals surface area contributed by atoms with Crippen LogP contribution in [-0.4, -0.2) is 94.9 Å². The highest BCUT2D eigenvalue weighted by Crippen LogP contribution is 2.37. The van der Waals surface area contributed by atoms with Crippen molar-refractivity contribution in [3.8, 4) is 0 Å². The van der Waals surface area contributed by atoms with Gasteiger partial charge in [0.2, 0.25) is 0 Å². The molecule has 15 heteroatoms. The summed E-state index contributed by atoms with van der Waals surface area (Å²) in [5, 5.41) is 19.7. The Morgan fingerprint density at radius 3 is 1.73 bits per heavy atom. The number of aliphatic hydroxyl groups is 2. The first kappa shape index (κ1) is 35.0. The van der Waals surface area contributed by atoms with Crippen LogP contribution in [0.3, 0.4) is 0 Å². The summed E-state index contributed by atoms with van der Waals surface area (Å²) in [7, 11) is 0. The van der Waals surface area contributed by atoms with E-state index < -0.39 is 52.7 Å². The molecule has 2 N–H and O–H groups in total. The maximum absolute atomic E-state index is 13.6. The van der Waals surface area contributed by atoms with Crippen molar-refractivity contribution < 1.29 is 54.5 Å². The molecule has 45 heavy (non-hydrogen) atoms. The Morgan fingerprint density at radius 1 is 0.711 bits per heavy atom. The third-order valence-electron chi connectivity index (χ3n) is 8.52. The van der Waals surface area contributed by atoms with Crippen LogP contribution in [0.25, 0.3) is 0 Å². The Morgan fingerprint density at radius 2 is 1.24 bits per heavy atom. The molecule has 0 saturated carbocycles. The highest BCUT2D eigenvalue weighted by atomic mass is 19.4. The number of amides is 1. The number of piperazine rings is 1. The van der Waals surface area contributed by atoms with Crippen LogP contribution in [0.5, 0.6) is 0 Å². The molecule has 2 unspecified atom stereocenters. The van der Waals surface area contributed by atoms with Crippen molar-refractivity contribution in [3.63, 3.8) is 0 Å². The average molecular weight is 656 g/mol. The third-order valence-corrected chi connectivity index (χ3v) is 8.52. The zero-order chi connectivity index (χ0) is 33.2. The molecule has 2 saturated heterocycles. The molecule has 3 atom stereocenters. The summed E-state index contributed by atoms with van der Waals surface area (Å²) >= 11 is 0. The quantitative estimate of drug-likeness (QED) is 0.377. The number of rotatable bonds is 8. The van der Waals surface area contributed by atoms with Crippen LogP contribution in [0.4, 0.5) is 39.5 Å². The highest BCUT2D eigenvalue weighted by Gasteiger charge is 2.40. The Kier molecular flexibility index (Phi) is 10.8. The largest absolute Gasteiger partial charge is 0.416 e. The lowest BCUT2D eigenvalue weighted by molar-refractivity contribution is -0.143. The van der Waals surface area contributed by atoms with Gasteiger partial charge in [0.15, 0.2) is 0 Å². The van der Waals surface area contributed by atoms with Gasteiger partial charge >= 0.3 is 18.5 Å². The van der Waals surface area contributed by atoms with E-state index in [2.05, 4.69) is 0 Å². The first-order valence-electron chi connectivity index (χ1n) is 14.5. The molecule has 0 aliphatic carbocycles. The van der Waals surface area contributed by atoms with Crippen molar-refractivity contribution in [2.24, 2.45) is 0 Å². The molecule has 2 aromatic carbocycles. The number of carbonyl (C=O) groups excluding carboxylic acids is 1. The van der Waals surface area contributed by atoms with E-state index in [1.807, 2.05) is 9.80 Å². The number of hydrogen-bond donors (Lipinski definition) is 2. The summed E-state index contributed by atoms with van der Waals surface area (Å²) in [5.41, 5.74) is -4.56. The molecular weight excluding hydrogens is 621 g/mol. The minimum atomic E-state index is -5.15. The Labute approximate surface area is 254 Å². The van der Waals surface area contributed by atoms with E-state index >= 15 is 0 Å². The zero-order valence-electron chi connectivity index (χ0n) is 24.1. The highest BCUT2D eigenvalue weighted by molar-refractivity contribution is 5.95. The number of piperidine rings is 1. The lowest BCUT2D eigenvalue weighted by Crippen LogP contribution is -2.58. The van der Waals surface area contributed by atoms with Crippen molar-refractivity contribution in [2.75, 3.05) is 45.9 Å². The Bertz CT molecular complexity index is 1250. The second-order valence-electron chi connectivity index (χ2n) is 11.5. The molecule has 2 aromatic rings. The van der Waals surface area contributed by atoms with Crippen LogP contribution in [0.15, 0.2) is 42.5 Å². The number of aliphatic hydroxyl groups excluding tert-OH is 2. The van der Waals surface area contributed by atoms with E-state index in [1.165, 1.54) is 17.0 Å². The van der Waals surface area contributed by atoms with E-state index in [0.717, 1.165) is 31.4 Å². The number of alkyl halides is 9. The third kappa shape index (κ3) is 8.69. The lowest BCUT2D eigenvalue weighted by Gasteiger charge is -2.44. The predicted octanol–water partition coefficient (Wildman–Crippen LogP) is 5.32. The summed E-state index contributed by atoms with van der Waals surface area (Å²) in [4.78, 5) is 18.7. The van der Waals surface area contributed by atoms with Crippen LogP contribution in [-0.2, 0) is 24.9 Å².